The van der Waals surface area contributed by atoms with Gasteiger partial charge in [0.1, 0.15) is 10.6 Å². The van der Waals surface area contributed by atoms with Crippen molar-refractivity contribution in [3.8, 4) is 5.75 Å². The molecular formula is C16H23ClN2O6S. The predicted octanol–water partition coefficient (Wildman–Crippen LogP) is 0.891. The molecule has 2 rings (SSSR count). The zero-order chi connectivity index (χ0) is 19.2. The summed E-state index contributed by atoms with van der Waals surface area (Å²) in [5.74, 6) is -0.297. The Labute approximate surface area is 158 Å². The van der Waals surface area contributed by atoms with Gasteiger partial charge in [-0.05, 0) is 25.1 Å². The van der Waals surface area contributed by atoms with E-state index in [4.69, 9.17) is 25.8 Å². The molecule has 0 unspecified atom stereocenters. The van der Waals surface area contributed by atoms with Crippen LogP contribution in [-0.4, -0.2) is 71.3 Å². The van der Waals surface area contributed by atoms with Crippen LogP contribution in [0.25, 0.3) is 0 Å². The summed E-state index contributed by atoms with van der Waals surface area (Å²) in [5, 5.41) is 2.96. The second kappa shape index (κ2) is 9.52. The molecule has 1 heterocycles. The van der Waals surface area contributed by atoms with Crippen LogP contribution >= 0.6 is 11.6 Å². The Balaban J connectivity index is 2.13. The number of methoxy groups -OCH3 is 1. The summed E-state index contributed by atoms with van der Waals surface area (Å²) in [6, 6.07) is 4.10. The summed E-state index contributed by atoms with van der Waals surface area (Å²) >= 11 is 5.97. The number of sulfonamides is 1. The average Bonchev–Trinajstić information content (AvgIpc) is 2.61. The Morgan fingerprint density at radius 1 is 1.38 bits per heavy atom. The van der Waals surface area contributed by atoms with Crippen molar-refractivity contribution in [3.63, 3.8) is 0 Å². The lowest BCUT2D eigenvalue weighted by Gasteiger charge is -2.26. The molecule has 0 aliphatic carbocycles. The standard InChI is InChI=1S/C16H23ClN2O6S/c1-12(10-23-2)18-16(20)11-25-14-4-3-13(17)9-15(14)26(21,22)19-5-7-24-8-6-19/h3-4,9,12H,5-8,10-11H2,1-2H3,(H,18,20)/t12-/m1/s1. The van der Waals surface area contributed by atoms with Crippen LogP contribution in [0.15, 0.2) is 23.1 Å². The topological polar surface area (TPSA) is 94.2 Å². The Bertz CT molecular complexity index is 721. The minimum Gasteiger partial charge on any atom is -0.482 e. The fourth-order valence-corrected chi connectivity index (χ4v) is 4.28. The van der Waals surface area contributed by atoms with E-state index in [1.165, 1.54) is 29.6 Å². The van der Waals surface area contributed by atoms with E-state index in [9.17, 15) is 13.2 Å². The molecule has 1 amide bonds. The van der Waals surface area contributed by atoms with Crippen LogP contribution in [0.1, 0.15) is 6.92 Å². The molecule has 0 radical (unpaired) electrons. The fraction of sp³-hybridized carbons (Fsp3) is 0.562. The number of benzene rings is 1. The number of rotatable bonds is 8. The van der Waals surface area contributed by atoms with Crippen molar-refractivity contribution in [1.82, 2.24) is 9.62 Å². The molecule has 0 saturated carbocycles. The van der Waals surface area contributed by atoms with Crippen LogP contribution in [0.3, 0.4) is 0 Å². The lowest BCUT2D eigenvalue weighted by Crippen LogP contribution is -2.41. The average molecular weight is 407 g/mol. The largest absolute Gasteiger partial charge is 0.482 e. The van der Waals surface area contributed by atoms with E-state index < -0.39 is 10.0 Å². The van der Waals surface area contributed by atoms with E-state index >= 15 is 0 Å². The highest BCUT2D eigenvalue weighted by Crippen LogP contribution is 2.30. The fourth-order valence-electron chi connectivity index (χ4n) is 2.48. The summed E-state index contributed by atoms with van der Waals surface area (Å²) in [7, 11) is -2.27. The molecule has 1 atom stereocenters. The molecule has 146 valence electrons. The number of hydrogen-bond donors (Lipinski definition) is 1. The number of halogens is 1. The molecule has 0 bridgehead atoms. The van der Waals surface area contributed by atoms with E-state index in [0.717, 1.165) is 0 Å². The summed E-state index contributed by atoms with van der Waals surface area (Å²) in [6.07, 6.45) is 0. The van der Waals surface area contributed by atoms with Gasteiger partial charge >= 0.3 is 0 Å². The van der Waals surface area contributed by atoms with Gasteiger partial charge in [-0.25, -0.2) is 8.42 Å². The minimum atomic E-state index is -3.80. The smallest absolute Gasteiger partial charge is 0.258 e. The third kappa shape index (κ3) is 5.55. The number of nitrogens with zero attached hydrogens (tertiary/aromatic N) is 1. The SMILES string of the molecule is COC[C@@H](C)NC(=O)COc1ccc(Cl)cc1S(=O)(=O)N1CCOCC1. The number of nitrogens with one attached hydrogen (secondary N) is 1. The number of hydrogen-bond acceptors (Lipinski definition) is 6. The van der Waals surface area contributed by atoms with Crippen molar-refractivity contribution in [1.29, 1.82) is 0 Å². The van der Waals surface area contributed by atoms with Gasteiger partial charge in [-0.2, -0.15) is 4.31 Å². The van der Waals surface area contributed by atoms with Crippen LogP contribution in [-0.2, 0) is 24.3 Å². The second-order valence-electron chi connectivity index (χ2n) is 5.82. The molecule has 8 nitrogen and oxygen atoms in total. The van der Waals surface area contributed by atoms with Crippen LogP contribution < -0.4 is 10.1 Å². The van der Waals surface area contributed by atoms with Crippen LogP contribution in [0, 0.1) is 0 Å². The predicted molar refractivity (Wildman–Crippen MR) is 96.0 cm³/mol. The molecule has 1 aromatic carbocycles. The number of carbonyl (C=O) groups is 1. The molecule has 10 heteroatoms. The third-order valence-electron chi connectivity index (χ3n) is 3.68. The number of morpholine rings is 1. The van der Waals surface area contributed by atoms with Gasteiger partial charge in [-0.15, -0.1) is 0 Å². The first-order chi connectivity index (χ1) is 12.3. The monoisotopic (exact) mass is 406 g/mol. The zero-order valence-corrected chi connectivity index (χ0v) is 16.3. The Morgan fingerprint density at radius 2 is 2.08 bits per heavy atom. The molecule has 1 aromatic rings. The van der Waals surface area contributed by atoms with Gasteiger partial charge < -0.3 is 19.5 Å². The van der Waals surface area contributed by atoms with Crippen LogP contribution in [0.2, 0.25) is 5.02 Å². The van der Waals surface area contributed by atoms with E-state index in [1.54, 1.807) is 6.92 Å². The maximum atomic E-state index is 12.9. The Kier molecular flexibility index (Phi) is 7.66. The molecule has 26 heavy (non-hydrogen) atoms. The number of carbonyl (C=O) groups excluding carboxylic acids is 1. The van der Waals surface area contributed by atoms with Gasteiger partial charge in [-0.3, -0.25) is 4.79 Å². The summed E-state index contributed by atoms with van der Waals surface area (Å²) in [5.41, 5.74) is 0. The molecule has 0 spiro atoms. The van der Waals surface area contributed by atoms with E-state index in [0.29, 0.717) is 19.8 Å². The van der Waals surface area contributed by atoms with Crippen molar-refractivity contribution in [2.45, 2.75) is 17.9 Å². The van der Waals surface area contributed by atoms with Crippen molar-refractivity contribution in [2.24, 2.45) is 0 Å². The zero-order valence-electron chi connectivity index (χ0n) is 14.7. The Morgan fingerprint density at radius 3 is 2.73 bits per heavy atom. The van der Waals surface area contributed by atoms with Crippen LogP contribution in [0.5, 0.6) is 5.75 Å². The first kappa shape index (κ1) is 20.9. The lowest BCUT2D eigenvalue weighted by molar-refractivity contribution is -0.124. The van der Waals surface area contributed by atoms with Gasteiger partial charge in [0.05, 0.1) is 19.8 Å². The highest BCUT2D eigenvalue weighted by Gasteiger charge is 2.29. The van der Waals surface area contributed by atoms with Crippen LogP contribution in [0.4, 0.5) is 0 Å². The quantitative estimate of drug-likeness (QED) is 0.689. The number of ether oxygens (including phenoxy) is 3. The normalized spacial score (nSPS) is 16.9. The van der Waals surface area contributed by atoms with Gasteiger partial charge in [-0.1, -0.05) is 11.6 Å². The molecule has 1 fully saturated rings. The number of amides is 1. The molecule has 1 aliphatic heterocycles. The first-order valence-corrected chi connectivity index (χ1v) is 9.95. The molecule has 0 aromatic heterocycles. The summed E-state index contributed by atoms with van der Waals surface area (Å²) < 4.78 is 42.7. The highest BCUT2D eigenvalue weighted by molar-refractivity contribution is 7.89. The maximum Gasteiger partial charge on any atom is 0.258 e. The van der Waals surface area contributed by atoms with Gasteiger partial charge in [0.2, 0.25) is 10.0 Å². The van der Waals surface area contributed by atoms with E-state index in [2.05, 4.69) is 5.32 Å². The molecule has 1 N–H and O–H groups in total. The molecular weight excluding hydrogens is 384 g/mol. The van der Waals surface area contributed by atoms with E-state index in [-0.39, 0.29) is 47.3 Å². The van der Waals surface area contributed by atoms with Crippen molar-refractivity contribution in [3.05, 3.63) is 23.2 Å². The molecule has 1 saturated heterocycles. The van der Waals surface area contributed by atoms with Gasteiger partial charge in [0, 0.05) is 31.3 Å². The third-order valence-corrected chi connectivity index (χ3v) is 5.83. The Hall–Kier alpha value is -1.39. The van der Waals surface area contributed by atoms with Crippen molar-refractivity contribution < 1.29 is 27.4 Å². The van der Waals surface area contributed by atoms with Gasteiger partial charge in [0.25, 0.3) is 5.91 Å². The van der Waals surface area contributed by atoms with E-state index in [1.807, 2.05) is 0 Å². The maximum absolute atomic E-state index is 12.9. The summed E-state index contributed by atoms with van der Waals surface area (Å²) in [4.78, 5) is 11.9. The van der Waals surface area contributed by atoms with Crippen molar-refractivity contribution >= 4 is 27.5 Å². The first-order valence-electron chi connectivity index (χ1n) is 8.13. The molecule has 1 aliphatic rings. The van der Waals surface area contributed by atoms with Gasteiger partial charge in [0.15, 0.2) is 6.61 Å². The lowest BCUT2D eigenvalue weighted by atomic mass is 10.3. The minimum absolute atomic E-state index is 0.0651. The summed E-state index contributed by atoms with van der Waals surface area (Å²) in [6.45, 7) is 3.00. The van der Waals surface area contributed by atoms with Crippen molar-refractivity contribution in [2.75, 3.05) is 46.6 Å². The second-order valence-corrected chi connectivity index (χ2v) is 8.16. The highest BCUT2D eigenvalue weighted by atomic mass is 35.5.